The van der Waals surface area contributed by atoms with Crippen molar-refractivity contribution in [3.05, 3.63) is 58.6 Å². The van der Waals surface area contributed by atoms with Crippen molar-refractivity contribution >= 4 is 23.2 Å². The second kappa shape index (κ2) is 6.92. The Morgan fingerprint density at radius 3 is 2.78 bits per heavy atom. The number of benzene rings is 2. The van der Waals surface area contributed by atoms with Crippen LogP contribution in [-0.4, -0.2) is 22.5 Å². The Morgan fingerprint density at radius 2 is 2.04 bits per heavy atom. The minimum absolute atomic E-state index is 0.158. The van der Waals surface area contributed by atoms with E-state index in [1.165, 1.54) is 6.07 Å². The van der Waals surface area contributed by atoms with E-state index in [9.17, 15) is 9.90 Å². The molecule has 0 unspecified atom stereocenters. The summed E-state index contributed by atoms with van der Waals surface area (Å²) in [5, 5.41) is 13.5. The number of nitrogens with zero attached hydrogens (tertiary/aromatic N) is 1. The zero-order chi connectivity index (χ0) is 16.2. The number of hydrogen-bond donors (Lipinski definition) is 2. The van der Waals surface area contributed by atoms with Gasteiger partial charge in [-0.05, 0) is 41.8 Å². The van der Waals surface area contributed by atoms with Gasteiger partial charge in [-0.3, -0.25) is 4.79 Å². The molecule has 1 aliphatic rings. The van der Waals surface area contributed by atoms with Gasteiger partial charge in [0.2, 0.25) is 5.91 Å². The van der Waals surface area contributed by atoms with E-state index in [1.807, 2.05) is 35.2 Å². The average Bonchev–Trinajstić information content (AvgIpc) is 2.91. The Hall–Kier alpha value is -2.20. The van der Waals surface area contributed by atoms with Gasteiger partial charge in [0.05, 0.1) is 0 Å². The molecule has 0 bridgehead atoms. The molecule has 2 aromatic rings. The summed E-state index contributed by atoms with van der Waals surface area (Å²) < 4.78 is 0. The first-order valence-electron chi connectivity index (χ1n) is 7.70. The molecule has 1 heterocycles. The fourth-order valence-electron chi connectivity index (χ4n) is 2.84. The standard InChI is InChI=1S/C18H19ClN2O2/c19-15-8-13(9-16(22)10-15)11-20-17-5-2-1-4-14(17)12-21-7-3-6-18(21)23/h1-2,4-5,8-10,20,22H,3,6-7,11-12H2. The number of aromatic hydroxyl groups is 1. The maximum absolute atomic E-state index is 11.8. The number of likely N-dealkylation sites (tertiary alicyclic amines) is 1. The normalized spacial score (nSPS) is 14.3. The van der Waals surface area contributed by atoms with Gasteiger partial charge in [-0.25, -0.2) is 0 Å². The molecule has 0 spiro atoms. The maximum Gasteiger partial charge on any atom is 0.222 e. The Balaban J connectivity index is 1.71. The van der Waals surface area contributed by atoms with E-state index in [0.29, 0.717) is 24.5 Å². The monoisotopic (exact) mass is 330 g/mol. The van der Waals surface area contributed by atoms with Crippen LogP contribution >= 0.6 is 11.6 Å². The minimum atomic E-state index is 0.158. The summed E-state index contributed by atoms with van der Waals surface area (Å²) in [4.78, 5) is 13.7. The van der Waals surface area contributed by atoms with Gasteiger partial charge < -0.3 is 15.3 Å². The van der Waals surface area contributed by atoms with E-state index < -0.39 is 0 Å². The number of carbonyl (C=O) groups excluding carboxylic acids is 1. The van der Waals surface area contributed by atoms with Gasteiger partial charge in [-0.15, -0.1) is 0 Å². The number of amides is 1. The molecule has 0 aromatic heterocycles. The highest BCUT2D eigenvalue weighted by Crippen LogP contribution is 2.23. The van der Waals surface area contributed by atoms with Crippen LogP contribution in [0, 0.1) is 0 Å². The topological polar surface area (TPSA) is 52.6 Å². The van der Waals surface area contributed by atoms with E-state index in [4.69, 9.17) is 11.6 Å². The van der Waals surface area contributed by atoms with Crippen LogP contribution in [0.3, 0.4) is 0 Å². The SMILES string of the molecule is O=C1CCCN1Cc1ccccc1NCc1cc(O)cc(Cl)c1. The maximum atomic E-state index is 11.8. The molecule has 2 aromatic carbocycles. The number of phenolic OH excluding ortho intramolecular Hbond substituents is 1. The number of hydrogen-bond acceptors (Lipinski definition) is 3. The molecule has 1 fully saturated rings. The number of phenols is 1. The molecule has 120 valence electrons. The van der Waals surface area contributed by atoms with Crippen molar-refractivity contribution in [2.24, 2.45) is 0 Å². The molecule has 1 aliphatic heterocycles. The molecular formula is C18H19ClN2O2. The number of nitrogens with one attached hydrogen (secondary N) is 1. The van der Waals surface area contributed by atoms with Gasteiger partial charge in [0.15, 0.2) is 0 Å². The predicted octanol–water partition coefficient (Wildman–Crippen LogP) is 3.78. The Bertz CT molecular complexity index is 698. The molecule has 4 nitrogen and oxygen atoms in total. The summed E-state index contributed by atoms with van der Waals surface area (Å²) >= 11 is 5.96. The van der Waals surface area contributed by atoms with Crippen LogP contribution in [0.1, 0.15) is 24.0 Å². The molecule has 5 heteroatoms. The van der Waals surface area contributed by atoms with Gasteiger partial charge >= 0.3 is 0 Å². The molecule has 0 radical (unpaired) electrons. The smallest absolute Gasteiger partial charge is 0.222 e. The van der Waals surface area contributed by atoms with Gasteiger partial charge in [0, 0.05) is 36.8 Å². The third-order valence-electron chi connectivity index (χ3n) is 3.98. The van der Waals surface area contributed by atoms with Crippen molar-refractivity contribution in [3.8, 4) is 5.75 Å². The van der Waals surface area contributed by atoms with Crippen LogP contribution in [0.15, 0.2) is 42.5 Å². The van der Waals surface area contributed by atoms with Crippen LogP contribution in [0.2, 0.25) is 5.02 Å². The highest BCUT2D eigenvalue weighted by molar-refractivity contribution is 6.30. The van der Waals surface area contributed by atoms with Gasteiger partial charge in [-0.2, -0.15) is 0 Å². The van der Waals surface area contributed by atoms with E-state index >= 15 is 0 Å². The van der Waals surface area contributed by atoms with Gasteiger partial charge in [0.25, 0.3) is 0 Å². The number of para-hydroxylation sites is 1. The van der Waals surface area contributed by atoms with Gasteiger partial charge in [-0.1, -0.05) is 29.8 Å². The lowest BCUT2D eigenvalue weighted by Crippen LogP contribution is -2.24. The third-order valence-corrected chi connectivity index (χ3v) is 4.19. The summed E-state index contributed by atoms with van der Waals surface area (Å²) in [6.07, 6.45) is 1.59. The first-order valence-corrected chi connectivity index (χ1v) is 8.07. The molecule has 23 heavy (non-hydrogen) atoms. The van der Waals surface area contributed by atoms with E-state index in [2.05, 4.69) is 5.32 Å². The van der Waals surface area contributed by atoms with Crippen molar-refractivity contribution in [1.82, 2.24) is 4.90 Å². The Labute approximate surface area is 140 Å². The number of anilines is 1. The zero-order valence-electron chi connectivity index (χ0n) is 12.8. The van der Waals surface area contributed by atoms with Crippen molar-refractivity contribution in [1.29, 1.82) is 0 Å². The van der Waals surface area contributed by atoms with Crippen LogP contribution in [-0.2, 0) is 17.9 Å². The van der Waals surface area contributed by atoms with Crippen LogP contribution in [0.4, 0.5) is 5.69 Å². The van der Waals surface area contributed by atoms with Crippen molar-refractivity contribution in [2.75, 3.05) is 11.9 Å². The Kier molecular flexibility index (Phi) is 4.72. The molecule has 0 aliphatic carbocycles. The first-order chi connectivity index (χ1) is 11.1. The molecule has 3 rings (SSSR count). The zero-order valence-corrected chi connectivity index (χ0v) is 13.5. The van der Waals surface area contributed by atoms with Gasteiger partial charge in [0.1, 0.15) is 5.75 Å². The lowest BCUT2D eigenvalue weighted by atomic mass is 10.1. The van der Waals surface area contributed by atoms with Crippen LogP contribution in [0.5, 0.6) is 5.75 Å². The minimum Gasteiger partial charge on any atom is -0.508 e. The van der Waals surface area contributed by atoms with Crippen molar-refractivity contribution in [2.45, 2.75) is 25.9 Å². The van der Waals surface area contributed by atoms with Crippen LogP contribution < -0.4 is 5.32 Å². The molecule has 2 N–H and O–H groups in total. The number of rotatable bonds is 5. The fourth-order valence-corrected chi connectivity index (χ4v) is 3.09. The van der Waals surface area contributed by atoms with Crippen LogP contribution in [0.25, 0.3) is 0 Å². The molecular weight excluding hydrogens is 312 g/mol. The van der Waals surface area contributed by atoms with Crippen molar-refractivity contribution in [3.63, 3.8) is 0 Å². The second-order valence-corrected chi connectivity index (χ2v) is 6.18. The lowest BCUT2D eigenvalue weighted by Gasteiger charge is -2.19. The molecule has 0 saturated carbocycles. The van der Waals surface area contributed by atoms with E-state index in [1.54, 1.807) is 6.07 Å². The second-order valence-electron chi connectivity index (χ2n) is 5.75. The summed E-state index contributed by atoms with van der Waals surface area (Å²) in [5.41, 5.74) is 2.99. The van der Waals surface area contributed by atoms with Crippen molar-refractivity contribution < 1.29 is 9.90 Å². The number of halogens is 1. The quantitative estimate of drug-likeness (QED) is 0.877. The van der Waals surface area contributed by atoms with E-state index in [-0.39, 0.29) is 11.7 Å². The largest absolute Gasteiger partial charge is 0.508 e. The molecule has 1 amide bonds. The van der Waals surface area contributed by atoms with E-state index in [0.717, 1.165) is 29.8 Å². The molecule has 1 saturated heterocycles. The predicted molar refractivity (Wildman–Crippen MR) is 91.5 cm³/mol. The average molecular weight is 331 g/mol. The Morgan fingerprint density at radius 1 is 1.22 bits per heavy atom. The summed E-state index contributed by atoms with van der Waals surface area (Å²) in [5.74, 6) is 0.379. The number of carbonyl (C=O) groups is 1. The highest BCUT2D eigenvalue weighted by Gasteiger charge is 2.20. The fraction of sp³-hybridized carbons (Fsp3) is 0.278. The summed E-state index contributed by atoms with van der Waals surface area (Å²) in [6.45, 7) is 2.01. The summed E-state index contributed by atoms with van der Waals surface area (Å²) in [7, 11) is 0. The third kappa shape index (κ3) is 3.96. The first kappa shape index (κ1) is 15.7. The molecule has 0 atom stereocenters. The highest BCUT2D eigenvalue weighted by atomic mass is 35.5. The lowest BCUT2D eigenvalue weighted by molar-refractivity contribution is -0.128. The summed E-state index contributed by atoms with van der Waals surface area (Å²) in [6, 6.07) is 13.0.